The van der Waals surface area contributed by atoms with Crippen molar-refractivity contribution in [1.82, 2.24) is 19.7 Å². The van der Waals surface area contributed by atoms with Crippen molar-refractivity contribution in [2.45, 2.75) is 76.9 Å². The molecular weight excluding hydrogens is 398 g/mol. The predicted octanol–water partition coefficient (Wildman–Crippen LogP) is 3.94. The third kappa shape index (κ3) is 5.41. The summed E-state index contributed by atoms with van der Waals surface area (Å²) in [7, 11) is 0. The number of thioether (sulfide) groups is 1. The fourth-order valence-corrected chi connectivity index (χ4v) is 4.47. The summed E-state index contributed by atoms with van der Waals surface area (Å²) in [5, 5.41) is 12.1. The van der Waals surface area contributed by atoms with Gasteiger partial charge >= 0.3 is 0 Å². The number of anilines is 1. The molecule has 1 saturated heterocycles. The maximum Gasteiger partial charge on any atom is 0.237 e. The van der Waals surface area contributed by atoms with Crippen LogP contribution in [0.25, 0.3) is 0 Å². The molecule has 7 nitrogen and oxygen atoms in total. The van der Waals surface area contributed by atoms with Crippen LogP contribution in [0.2, 0.25) is 0 Å². The van der Waals surface area contributed by atoms with Crippen LogP contribution in [0, 0.1) is 13.8 Å². The van der Waals surface area contributed by atoms with Crippen LogP contribution in [0.1, 0.15) is 56.5 Å². The molecule has 0 saturated carbocycles. The second-order valence-corrected chi connectivity index (χ2v) is 9.14. The van der Waals surface area contributed by atoms with E-state index in [1.165, 1.54) is 11.8 Å². The van der Waals surface area contributed by atoms with E-state index in [2.05, 4.69) is 15.5 Å². The van der Waals surface area contributed by atoms with Crippen LogP contribution in [-0.4, -0.2) is 43.3 Å². The van der Waals surface area contributed by atoms with Crippen LogP contribution in [0.5, 0.6) is 0 Å². The molecule has 0 aliphatic carbocycles. The van der Waals surface area contributed by atoms with Gasteiger partial charge in [-0.05, 0) is 57.7 Å². The molecule has 1 aromatic carbocycles. The largest absolute Gasteiger partial charge is 0.335 e. The fourth-order valence-electron chi connectivity index (χ4n) is 3.53. The molecule has 3 rings (SSSR count). The van der Waals surface area contributed by atoms with E-state index in [9.17, 15) is 9.59 Å². The van der Waals surface area contributed by atoms with E-state index in [0.717, 1.165) is 48.4 Å². The van der Waals surface area contributed by atoms with Gasteiger partial charge in [-0.2, -0.15) is 0 Å². The summed E-state index contributed by atoms with van der Waals surface area (Å²) in [4.78, 5) is 27.0. The van der Waals surface area contributed by atoms with Crippen molar-refractivity contribution < 1.29 is 9.59 Å². The van der Waals surface area contributed by atoms with E-state index in [1.54, 1.807) is 0 Å². The topological polar surface area (TPSA) is 80.1 Å². The van der Waals surface area contributed by atoms with Gasteiger partial charge in [0.2, 0.25) is 11.8 Å². The summed E-state index contributed by atoms with van der Waals surface area (Å²) in [6.45, 7) is 9.83. The number of hydrogen-bond acceptors (Lipinski definition) is 5. The van der Waals surface area contributed by atoms with Gasteiger partial charge in [0, 0.05) is 25.2 Å². The molecule has 162 valence electrons. The Morgan fingerprint density at radius 3 is 2.80 bits per heavy atom. The number of nitrogens with one attached hydrogen (secondary N) is 1. The standard InChI is InChI=1S/C22H31N5O2S/c1-5-27-19(14-26-12-8-6-7-9-20(26)28)24-25-22(27)30-17(4)21(29)23-18-13-15(2)10-11-16(18)3/h10-11,13,17H,5-9,12,14H2,1-4H3,(H,23,29)/t17-/m0/s1. The highest BCUT2D eigenvalue weighted by atomic mass is 32.2. The average Bonchev–Trinajstić information content (AvgIpc) is 2.97. The molecule has 1 aliphatic heterocycles. The third-order valence-corrected chi connectivity index (χ3v) is 6.50. The van der Waals surface area contributed by atoms with Gasteiger partial charge in [-0.1, -0.05) is 30.3 Å². The number of nitrogens with zero attached hydrogens (tertiary/aromatic N) is 4. The number of aryl methyl sites for hydroxylation is 2. The Labute approximate surface area is 182 Å². The number of aromatic nitrogens is 3. The van der Waals surface area contributed by atoms with Crippen molar-refractivity contribution in [3.63, 3.8) is 0 Å². The van der Waals surface area contributed by atoms with Crippen molar-refractivity contribution >= 4 is 29.3 Å². The number of benzene rings is 1. The SMILES string of the molecule is CCn1c(CN2CCCCCC2=O)nnc1S[C@@H](C)C(=O)Nc1cc(C)ccc1C. The Morgan fingerprint density at radius 2 is 2.03 bits per heavy atom. The first-order valence-corrected chi connectivity index (χ1v) is 11.5. The van der Waals surface area contributed by atoms with Gasteiger partial charge in [0.15, 0.2) is 11.0 Å². The van der Waals surface area contributed by atoms with Crippen molar-refractivity contribution in [3.8, 4) is 0 Å². The fraction of sp³-hybridized carbons (Fsp3) is 0.545. The van der Waals surface area contributed by atoms with E-state index < -0.39 is 0 Å². The minimum Gasteiger partial charge on any atom is -0.335 e. The lowest BCUT2D eigenvalue weighted by molar-refractivity contribution is -0.131. The maximum absolute atomic E-state index is 12.7. The van der Waals surface area contributed by atoms with E-state index in [1.807, 2.05) is 55.4 Å². The minimum absolute atomic E-state index is 0.0661. The second kappa shape index (κ2) is 10.1. The van der Waals surface area contributed by atoms with Gasteiger partial charge in [0.1, 0.15) is 0 Å². The summed E-state index contributed by atoms with van der Waals surface area (Å²) in [6, 6.07) is 6.02. The molecule has 0 unspecified atom stereocenters. The molecule has 0 spiro atoms. The molecule has 2 aromatic rings. The van der Waals surface area contributed by atoms with Gasteiger partial charge < -0.3 is 14.8 Å². The van der Waals surface area contributed by atoms with Crippen molar-refractivity contribution in [1.29, 1.82) is 0 Å². The molecule has 1 atom stereocenters. The number of likely N-dealkylation sites (tertiary alicyclic amines) is 1. The van der Waals surface area contributed by atoms with Gasteiger partial charge in [0.25, 0.3) is 0 Å². The number of amides is 2. The Hall–Kier alpha value is -2.35. The summed E-state index contributed by atoms with van der Waals surface area (Å²) in [5.41, 5.74) is 2.98. The molecule has 30 heavy (non-hydrogen) atoms. The van der Waals surface area contributed by atoms with Crippen molar-refractivity contribution in [2.24, 2.45) is 0 Å². The normalized spacial score (nSPS) is 15.7. The number of carbonyl (C=O) groups is 2. The minimum atomic E-state index is -0.327. The first kappa shape index (κ1) is 22.3. The molecule has 2 amide bonds. The number of carbonyl (C=O) groups excluding carboxylic acids is 2. The van der Waals surface area contributed by atoms with Gasteiger partial charge in [-0.25, -0.2) is 0 Å². The van der Waals surface area contributed by atoms with Crippen LogP contribution >= 0.6 is 11.8 Å². The Kier molecular flexibility index (Phi) is 7.53. The lowest BCUT2D eigenvalue weighted by Crippen LogP contribution is -2.31. The number of hydrogen-bond donors (Lipinski definition) is 1. The predicted molar refractivity (Wildman–Crippen MR) is 119 cm³/mol. The highest BCUT2D eigenvalue weighted by Gasteiger charge is 2.23. The second-order valence-electron chi connectivity index (χ2n) is 7.84. The number of rotatable bonds is 7. The Balaban J connectivity index is 1.67. The molecule has 1 fully saturated rings. The molecule has 1 aliphatic rings. The Bertz CT molecular complexity index is 911. The van der Waals surface area contributed by atoms with Crippen LogP contribution in [0.15, 0.2) is 23.4 Å². The zero-order valence-corrected chi connectivity index (χ0v) is 19.1. The van der Waals surface area contributed by atoms with Gasteiger partial charge in [-0.15, -0.1) is 10.2 Å². The average molecular weight is 430 g/mol. The first-order valence-electron chi connectivity index (χ1n) is 10.6. The zero-order valence-electron chi connectivity index (χ0n) is 18.3. The Morgan fingerprint density at radius 1 is 1.23 bits per heavy atom. The van der Waals surface area contributed by atoms with Gasteiger partial charge in [-0.3, -0.25) is 9.59 Å². The quantitative estimate of drug-likeness (QED) is 0.675. The van der Waals surface area contributed by atoms with E-state index in [0.29, 0.717) is 24.7 Å². The van der Waals surface area contributed by atoms with Crippen LogP contribution < -0.4 is 5.32 Å². The molecule has 1 N–H and O–H groups in total. The smallest absolute Gasteiger partial charge is 0.237 e. The lowest BCUT2D eigenvalue weighted by Gasteiger charge is -2.20. The van der Waals surface area contributed by atoms with Crippen molar-refractivity contribution in [2.75, 3.05) is 11.9 Å². The summed E-state index contributed by atoms with van der Waals surface area (Å²) in [6.07, 6.45) is 3.70. The van der Waals surface area contributed by atoms with Gasteiger partial charge in [0.05, 0.1) is 11.8 Å². The van der Waals surface area contributed by atoms with Crippen LogP contribution in [0.4, 0.5) is 5.69 Å². The van der Waals surface area contributed by atoms with Crippen molar-refractivity contribution in [3.05, 3.63) is 35.2 Å². The maximum atomic E-state index is 12.7. The molecule has 8 heteroatoms. The zero-order chi connectivity index (χ0) is 21.7. The van der Waals surface area contributed by atoms with E-state index in [4.69, 9.17) is 0 Å². The third-order valence-electron chi connectivity index (χ3n) is 5.42. The van der Waals surface area contributed by atoms with Crippen LogP contribution in [0.3, 0.4) is 0 Å². The highest BCUT2D eigenvalue weighted by Crippen LogP contribution is 2.25. The summed E-state index contributed by atoms with van der Waals surface area (Å²) in [5.74, 6) is 0.898. The molecular formula is C22H31N5O2S. The van der Waals surface area contributed by atoms with E-state index in [-0.39, 0.29) is 17.1 Å². The monoisotopic (exact) mass is 429 g/mol. The highest BCUT2D eigenvalue weighted by molar-refractivity contribution is 8.00. The molecule has 1 aromatic heterocycles. The summed E-state index contributed by atoms with van der Waals surface area (Å²) < 4.78 is 2.00. The van der Waals surface area contributed by atoms with E-state index >= 15 is 0 Å². The lowest BCUT2D eigenvalue weighted by atomic mass is 10.1. The molecule has 0 radical (unpaired) electrons. The van der Waals surface area contributed by atoms with Crippen LogP contribution in [-0.2, 0) is 22.7 Å². The molecule has 2 heterocycles. The first-order chi connectivity index (χ1) is 14.4. The summed E-state index contributed by atoms with van der Waals surface area (Å²) >= 11 is 1.39. The molecule has 0 bridgehead atoms.